The highest BCUT2D eigenvalue weighted by Crippen LogP contribution is 2.47. The summed E-state index contributed by atoms with van der Waals surface area (Å²) in [5, 5.41) is 6.19. The lowest BCUT2D eigenvalue weighted by Gasteiger charge is -2.17. The lowest BCUT2D eigenvalue weighted by Crippen LogP contribution is -2.22. The van der Waals surface area contributed by atoms with E-state index in [4.69, 9.17) is 26.3 Å². The van der Waals surface area contributed by atoms with Crippen LogP contribution in [0.2, 0.25) is 0 Å². The lowest BCUT2D eigenvalue weighted by molar-refractivity contribution is 0.219. The third-order valence-electron chi connectivity index (χ3n) is 2.76. The molecule has 0 spiro atoms. The van der Waals surface area contributed by atoms with Crippen LogP contribution in [-0.4, -0.2) is 18.8 Å². The van der Waals surface area contributed by atoms with Crippen molar-refractivity contribution in [1.29, 1.82) is 5.26 Å². The first-order valence-electron chi connectivity index (χ1n) is 5.09. The standard InChI is InChI=1S/C12H11ClFNO2/c1-16-10-4-2-3-9(5-10)11(8-17-11)6-12(13,14)7-15/h2-5H,6,8H2,1H3. The van der Waals surface area contributed by atoms with Crippen molar-refractivity contribution in [1.82, 2.24) is 0 Å². The van der Waals surface area contributed by atoms with E-state index in [1.54, 1.807) is 31.4 Å². The maximum absolute atomic E-state index is 13.5. The summed E-state index contributed by atoms with van der Waals surface area (Å²) in [6, 6.07) is 8.56. The van der Waals surface area contributed by atoms with E-state index in [-0.39, 0.29) is 6.42 Å². The van der Waals surface area contributed by atoms with Crippen LogP contribution in [0.25, 0.3) is 0 Å². The molecule has 0 aliphatic carbocycles. The molecule has 0 amide bonds. The molecule has 0 N–H and O–H groups in total. The van der Waals surface area contributed by atoms with Gasteiger partial charge >= 0.3 is 0 Å². The van der Waals surface area contributed by atoms with Gasteiger partial charge in [-0.15, -0.1) is 0 Å². The Morgan fingerprint density at radius 2 is 2.41 bits per heavy atom. The van der Waals surface area contributed by atoms with Gasteiger partial charge in [0.2, 0.25) is 0 Å². The second-order valence-corrected chi connectivity index (χ2v) is 4.61. The van der Waals surface area contributed by atoms with Crippen LogP contribution in [0.5, 0.6) is 5.75 Å². The van der Waals surface area contributed by atoms with E-state index in [9.17, 15) is 4.39 Å². The molecule has 2 atom stereocenters. The molecule has 0 bridgehead atoms. The number of hydrogen-bond donors (Lipinski definition) is 0. The fraction of sp³-hybridized carbons (Fsp3) is 0.417. The van der Waals surface area contributed by atoms with Crippen molar-refractivity contribution in [3.05, 3.63) is 29.8 Å². The van der Waals surface area contributed by atoms with Crippen molar-refractivity contribution in [2.75, 3.05) is 13.7 Å². The molecular weight excluding hydrogens is 245 g/mol. The maximum atomic E-state index is 13.5. The van der Waals surface area contributed by atoms with Gasteiger partial charge in [0.05, 0.1) is 13.7 Å². The second-order valence-electron chi connectivity index (χ2n) is 4.01. The van der Waals surface area contributed by atoms with Crippen molar-refractivity contribution in [3.8, 4) is 11.8 Å². The van der Waals surface area contributed by atoms with E-state index in [0.29, 0.717) is 12.4 Å². The van der Waals surface area contributed by atoms with E-state index in [0.717, 1.165) is 5.56 Å². The molecule has 1 fully saturated rings. The molecule has 1 heterocycles. The summed E-state index contributed by atoms with van der Waals surface area (Å²) in [5.74, 6) is 0.661. The highest BCUT2D eigenvalue weighted by atomic mass is 35.5. The quantitative estimate of drug-likeness (QED) is 0.614. The Bertz CT molecular complexity index is 466. The summed E-state index contributed by atoms with van der Waals surface area (Å²) >= 11 is 5.43. The molecule has 1 aliphatic heterocycles. The van der Waals surface area contributed by atoms with Gasteiger partial charge in [0.15, 0.2) is 0 Å². The largest absolute Gasteiger partial charge is 0.497 e. The highest BCUT2D eigenvalue weighted by Gasteiger charge is 2.52. The molecule has 1 aromatic rings. The van der Waals surface area contributed by atoms with Crippen LogP contribution in [-0.2, 0) is 10.3 Å². The molecule has 1 saturated heterocycles. The molecule has 0 radical (unpaired) electrons. The van der Waals surface area contributed by atoms with Crippen LogP contribution in [0.15, 0.2) is 24.3 Å². The number of nitriles is 1. The lowest BCUT2D eigenvalue weighted by atomic mass is 9.94. The number of ether oxygens (including phenoxy) is 2. The Morgan fingerprint density at radius 1 is 1.71 bits per heavy atom. The van der Waals surface area contributed by atoms with Gasteiger partial charge in [-0.3, -0.25) is 0 Å². The van der Waals surface area contributed by atoms with Crippen molar-refractivity contribution in [2.45, 2.75) is 17.1 Å². The van der Waals surface area contributed by atoms with Gasteiger partial charge in [0, 0.05) is 6.42 Å². The number of alkyl halides is 2. The Balaban J connectivity index is 2.24. The molecule has 0 aromatic heterocycles. The third kappa shape index (κ3) is 2.51. The summed E-state index contributed by atoms with van der Waals surface area (Å²) in [7, 11) is 1.55. The fourth-order valence-electron chi connectivity index (χ4n) is 1.76. The van der Waals surface area contributed by atoms with Crippen LogP contribution in [0, 0.1) is 11.3 Å². The molecule has 3 nitrogen and oxygen atoms in total. The zero-order valence-corrected chi connectivity index (χ0v) is 10.00. The minimum atomic E-state index is -2.40. The SMILES string of the molecule is COc1cccc(C2(CC(F)(Cl)C#N)CO2)c1. The van der Waals surface area contributed by atoms with Gasteiger partial charge in [0.25, 0.3) is 5.13 Å². The van der Waals surface area contributed by atoms with Gasteiger partial charge in [-0.1, -0.05) is 23.7 Å². The van der Waals surface area contributed by atoms with Gasteiger partial charge in [-0.25, -0.2) is 4.39 Å². The maximum Gasteiger partial charge on any atom is 0.271 e. The summed E-state index contributed by atoms with van der Waals surface area (Å²) in [6.07, 6.45) is -0.189. The normalized spacial score (nSPS) is 25.8. The Morgan fingerprint density at radius 3 is 2.94 bits per heavy atom. The number of nitrogens with zero attached hydrogens (tertiary/aromatic N) is 1. The predicted molar refractivity (Wildman–Crippen MR) is 60.5 cm³/mol. The first-order valence-corrected chi connectivity index (χ1v) is 5.47. The molecule has 2 unspecified atom stereocenters. The van der Waals surface area contributed by atoms with Crippen molar-refractivity contribution in [3.63, 3.8) is 0 Å². The minimum Gasteiger partial charge on any atom is -0.497 e. The molecular formula is C12H11ClFNO2. The number of methoxy groups -OCH3 is 1. The van der Waals surface area contributed by atoms with E-state index in [1.165, 1.54) is 6.07 Å². The second kappa shape index (κ2) is 4.17. The average Bonchev–Trinajstić information content (AvgIpc) is 3.09. The Labute approximate surface area is 104 Å². The molecule has 90 valence electrons. The first-order chi connectivity index (χ1) is 8.01. The van der Waals surface area contributed by atoms with Crippen molar-refractivity contribution >= 4 is 11.6 Å². The molecule has 0 saturated carbocycles. The molecule has 2 rings (SSSR count). The van der Waals surface area contributed by atoms with Gasteiger partial charge in [-0.05, 0) is 17.7 Å². The van der Waals surface area contributed by atoms with Crippen LogP contribution in [0.1, 0.15) is 12.0 Å². The highest BCUT2D eigenvalue weighted by molar-refractivity contribution is 6.24. The summed E-state index contributed by atoms with van der Waals surface area (Å²) in [4.78, 5) is 0. The van der Waals surface area contributed by atoms with Crippen LogP contribution in [0.4, 0.5) is 4.39 Å². The molecule has 1 aromatic carbocycles. The van der Waals surface area contributed by atoms with Gasteiger partial charge < -0.3 is 9.47 Å². The summed E-state index contributed by atoms with van der Waals surface area (Å²) in [5.41, 5.74) is -0.0180. The number of hydrogen-bond acceptors (Lipinski definition) is 3. The zero-order chi connectivity index (χ0) is 12.5. The third-order valence-corrected chi connectivity index (χ3v) is 2.98. The van der Waals surface area contributed by atoms with Crippen LogP contribution < -0.4 is 4.74 Å². The Kier molecular flexibility index (Phi) is 2.98. The van der Waals surface area contributed by atoms with E-state index < -0.39 is 10.7 Å². The number of benzene rings is 1. The van der Waals surface area contributed by atoms with Crippen molar-refractivity contribution < 1.29 is 13.9 Å². The summed E-state index contributed by atoms with van der Waals surface area (Å²) < 4.78 is 23.9. The van der Waals surface area contributed by atoms with Crippen molar-refractivity contribution in [2.24, 2.45) is 0 Å². The fourth-order valence-corrected chi connectivity index (χ4v) is 1.98. The van der Waals surface area contributed by atoms with Gasteiger partial charge in [0.1, 0.15) is 17.4 Å². The number of halogens is 2. The summed E-state index contributed by atoms with van der Waals surface area (Å²) in [6.45, 7) is 0.361. The minimum absolute atomic E-state index is 0.189. The van der Waals surface area contributed by atoms with Crippen LogP contribution in [0.3, 0.4) is 0 Å². The monoisotopic (exact) mass is 255 g/mol. The molecule has 5 heteroatoms. The van der Waals surface area contributed by atoms with Crippen LogP contribution >= 0.6 is 11.6 Å². The van der Waals surface area contributed by atoms with E-state index in [2.05, 4.69) is 0 Å². The zero-order valence-electron chi connectivity index (χ0n) is 9.24. The van der Waals surface area contributed by atoms with Gasteiger partial charge in [-0.2, -0.15) is 5.26 Å². The Hall–Kier alpha value is -1.31. The smallest absolute Gasteiger partial charge is 0.271 e. The molecule has 1 aliphatic rings. The predicted octanol–water partition coefficient (Wildman–Crippen LogP) is 2.74. The van der Waals surface area contributed by atoms with E-state index in [1.807, 2.05) is 0 Å². The molecule has 17 heavy (non-hydrogen) atoms. The number of rotatable bonds is 4. The average molecular weight is 256 g/mol. The topological polar surface area (TPSA) is 45.5 Å². The first kappa shape index (κ1) is 12.2. The van der Waals surface area contributed by atoms with E-state index >= 15 is 0 Å². The number of epoxide rings is 1.